The Balaban J connectivity index is 1.34. The third-order valence-electron chi connectivity index (χ3n) is 7.07. The van der Waals surface area contributed by atoms with Crippen LogP contribution >= 0.6 is 0 Å². The first-order valence-electron chi connectivity index (χ1n) is 8.96. The van der Waals surface area contributed by atoms with E-state index in [9.17, 15) is 10.2 Å². The fourth-order valence-corrected chi connectivity index (χ4v) is 5.71. The number of piperidine rings is 3. The molecule has 0 amide bonds. The van der Waals surface area contributed by atoms with E-state index in [-0.39, 0.29) is 18.6 Å². The van der Waals surface area contributed by atoms with E-state index in [2.05, 4.69) is 9.80 Å². The van der Waals surface area contributed by atoms with Crippen molar-refractivity contribution >= 4 is 0 Å². The first-order valence-corrected chi connectivity index (χ1v) is 8.96. The average molecular weight is 294 g/mol. The van der Waals surface area contributed by atoms with Gasteiger partial charge in [0.2, 0.25) is 0 Å². The summed E-state index contributed by atoms with van der Waals surface area (Å²) in [4.78, 5) is 5.38. The summed E-state index contributed by atoms with van der Waals surface area (Å²) in [6.07, 6.45) is 6.99. The molecule has 0 aromatic carbocycles. The molecule has 4 atom stereocenters. The Labute approximate surface area is 128 Å². The van der Waals surface area contributed by atoms with Gasteiger partial charge >= 0.3 is 0 Å². The smallest absolute Gasteiger partial charge is 0.0515 e. The van der Waals surface area contributed by atoms with E-state index in [0.29, 0.717) is 11.8 Å². The second-order valence-corrected chi connectivity index (χ2v) is 7.98. The van der Waals surface area contributed by atoms with Crippen molar-refractivity contribution in [2.24, 2.45) is 23.2 Å². The van der Waals surface area contributed by atoms with Gasteiger partial charge in [-0.3, -0.25) is 0 Å². The molecule has 2 N–H and O–H groups in total. The lowest BCUT2D eigenvalue weighted by Crippen LogP contribution is -2.51. The minimum absolute atomic E-state index is 0.125. The predicted molar refractivity (Wildman–Crippen MR) is 82.0 cm³/mol. The number of hydrogen-bond acceptors (Lipinski definition) is 4. The summed E-state index contributed by atoms with van der Waals surface area (Å²) in [6, 6.07) is 0.838. The van der Waals surface area contributed by atoms with Gasteiger partial charge in [-0.15, -0.1) is 0 Å². The zero-order valence-electron chi connectivity index (χ0n) is 13.1. The van der Waals surface area contributed by atoms with Gasteiger partial charge in [-0.05, 0) is 56.5 Å². The Morgan fingerprint density at radius 3 is 2.33 bits per heavy atom. The molecule has 4 fully saturated rings. The van der Waals surface area contributed by atoms with E-state index >= 15 is 0 Å². The molecular formula is C17H30N2O2. The van der Waals surface area contributed by atoms with E-state index in [1.807, 2.05) is 0 Å². The van der Waals surface area contributed by atoms with E-state index in [4.69, 9.17) is 0 Å². The summed E-state index contributed by atoms with van der Waals surface area (Å²) in [6.45, 7) is 6.46. The highest BCUT2D eigenvalue weighted by molar-refractivity contribution is 5.16. The third-order valence-corrected chi connectivity index (χ3v) is 7.07. The summed E-state index contributed by atoms with van der Waals surface area (Å²) in [5.41, 5.74) is -0.125. The number of aliphatic hydroxyl groups is 2. The lowest BCUT2D eigenvalue weighted by atomic mass is 9.83. The van der Waals surface area contributed by atoms with Gasteiger partial charge in [-0.25, -0.2) is 0 Å². The molecule has 0 bridgehead atoms. The highest BCUT2D eigenvalue weighted by Crippen LogP contribution is 2.62. The quantitative estimate of drug-likeness (QED) is 0.804. The monoisotopic (exact) mass is 294 g/mol. The van der Waals surface area contributed by atoms with Crippen molar-refractivity contribution in [3.05, 3.63) is 0 Å². The second kappa shape index (κ2) is 5.48. The van der Waals surface area contributed by atoms with E-state index in [0.717, 1.165) is 25.0 Å². The first-order chi connectivity index (χ1) is 10.3. The van der Waals surface area contributed by atoms with Crippen LogP contribution in [0, 0.1) is 23.2 Å². The van der Waals surface area contributed by atoms with Crippen LogP contribution in [0.5, 0.6) is 0 Å². The normalized spacial score (nSPS) is 42.6. The molecule has 3 saturated heterocycles. The fourth-order valence-electron chi connectivity index (χ4n) is 5.71. The van der Waals surface area contributed by atoms with Gasteiger partial charge in [0.1, 0.15) is 0 Å². The fraction of sp³-hybridized carbons (Fsp3) is 1.00. The van der Waals surface area contributed by atoms with Crippen LogP contribution in [0.4, 0.5) is 0 Å². The molecule has 4 nitrogen and oxygen atoms in total. The van der Waals surface area contributed by atoms with Crippen molar-refractivity contribution in [2.45, 2.75) is 38.1 Å². The van der Waals surface area contributed by atoms with Crippen molar-refractivity contribution in [2.75, 3.05) is 45.9 Å². The van der Waals surface area contributed by atoms with Crippen molar-refractivity contribution in [1.29, 1.82) is 0 Å². The number of likely N-dealkylation sites (tertiary alicyclic amines) is 1. The zero-order chi connectivity index (χ0) is 14.4. The molecule has 0 spiro atoms. The van der Waals surface area contributed by atoms with E-state index in [1.165, 1.54) is 51.7 Å². The molecule has 0 aromatic heterocycles. The van der Waals surface area contributed by atoms with Crippen molar-refractivity contribution in [3.63, 3.8) is 0 Å². The molecular weight excluding hydrogens is 264 g/mol. The van der Waals surface area contributed by atoms with Gasteiger partial charge in [-0.2, -0.15) is 0 Å². The molecule has 2 unspecified atom stereocenters. The average Bonchev–Trinajstić information content (AvgIpc) is 2.89. The molecule has 4 heteroatoms. The van der Waals surface area contributed by atoms with E-state index in [1.54, 1.807) is 0 Å². The SMILES string of the molecule is OCC1(CO)C2CN(C[C@@H]3CCCN4CCCC[C@H]34)CC21. The minimum Gasteiger partial charge on any atom is -0.396 e. The molecule has 4 aliphatic rings. The molecule has 1 saturated carbocycles. The van der Waals surface area contributed by atoms with Gasteiger partial charge in [0.05, 0.1) is 13.2 Å². The summed E-state index contributed by atoms with van der Waals surface area (Å²) in [5, 5.41) is 19.1. The highest BCUT2D eigenvalue weighted by Gasteiger charge is 2.67. The lowest BCUT2D eigenvalue weighted by Gasteiger charge is -2.45. The van der Waals surface area contributed by atoms with Crippen LogP contribution in [0.1, 0.15) is 32.1 Å². The number of aliphatic hydroxyl groups excluding tert-OH is 2. The molecule has 3 heterocycles. The largest absolute Gasteiger partial charge is 0.396 e. The van der Waals surface area contributed by atoms with Gasteiger partial charge in [0.15, 0.2) is 0 Å². The Kier molecular flexibility index (Phi) is 3.77. The third kappa shape index (κ3) is 2.26. The summed E-state index contributed by atoms with van der Waals surface area (Å²) in [5.74, 6) is 1.96. The van der Waals surface area contributed by atoms with Crippen LogP contribution in [0.25, 0.3) is 0 Å². The molecule has 120 valence electrons. The molecule has 4 rings (SSSR count). The van der Waals surface area contributed by atoms with Crippen LogP contribution in [-0.2, 0) is 0 Å². The number of fused-ring (bicyclic) bond motifs is 2. The second-order valence-electron chi connectivity index (χ2n) is 7.98. The maximum atomic E-state index is 9.54. The highest BCUT2D eigenvalue weighted by atomic mass is 16.3. The van der Waals surface area contributed by atoms with Crippen molar-refractivity contribution < 1.29 is 10.2 Å². The summed E-state index contributed by atoms with van der Waals surface area (Å²) < 4.78 is 0. The van der Waals surface area contributed by atoms with Gasteiger partial charge in [-0.1, -0.05) is 6.42 Å². The van der Waals surface area contributed by atoms with Crippen LogP contribution < -0.4 is 0 Å². The number of nitrogens with zero attached hydrogens (tertiary/aromatic N) is 2. The summed E-state index contributed by atoms with van der Waals surface area (Å²) in [7, 11) is 0. The van der Waals surface area contributed by atoms with Crippen LogP contribution in [0.3, 0.4) is 0 Å². The maximum Gasteiger partial charge on any atom is 0.0515 e. The molecule has 1 aliphatic carbocycles. The van der Waals surface area contributed by atoms with Gasteiger partial charge in [0.25, 0.3) is 0 Å². The van der Waals surface area contributed by atoms with Crippen molar-refractivity contribution in [1.82, 2.24) is 9.80 Å². The Morgan fingerprint density at radius 2 is 1.62 bits per heavy atom. The van der Waals surface area contributed by atoms with Crippen LogP contribution in [0.15, 0.2) is 0 Å². The van der Waals surface area contributed by atoms with Crippen LogP contribution in [-0.4, -0.2) is 72.0 Å². The maximum absolute atomic E-state index is 9.54. The minimum atomic E-state index is -0.125. The Morgan fingerprint density at radius 1 is 0.905 bits per heavy atom. The number of hydrogen-bond donors (Lipinski definition) is 2. The lowest BCUT2D eigenvalue weighted by molar-refractivity contribution is 0.0340. The van der Waals surface area contributed by atoms with E-state index < -0.39 is 0 Å². The Hall–Kier alpha value is -0.160. The van der Waals surface area contributed by atoms with Crippen molar-refractivity contribution in [3.8, 4) is 0 Å². The van der Waals surface area contributed by atoms with Gasteiger partial charge in [0, 0.05) is 31.1 Å². The Bertz CT molecular complexity index is 369. The summed E-state index contributed by atoms with van der Waals surface area (Å²) >= 11 is 0. The first kappa shape index (κ1) is 14.4. The number of rotatable bonds is 4. The standard InChI is InChI=1S/C17H30N2O2/c20-11-17(12-21)14-9-18(10-15(14)17)8-13-4-3-7-19-6-2-1-5-16(13)19/h13-16,20-21H,1-12H2/t13-,14?,15?,16+/m0/s1. The molecule has 3 aliphatic heterocycles. The predicted octanol–water partition coefficient (Wildman–Crippen LogP) is 0.784. The molecule has 0 aromatic rings. The van der Waals surface area contributed by atoms with Crippen LogP contribution in [0.2, 0.25) is 0 Å². The topological polar surface area (TPSA) is 46.9 Å². The van der Waals surface area contributed by atoms with Gasteiger partial charge < -0.3 is 20.0 Å². The molecule has 0 radical (unpaired) electrons. The molecule has 21 heavy (non-hydrogen) atoms. The zero-order valence-corrected chi connectivity index (χ0v) is 13.1.